The zero-order valence-corrected chi connectivity index (χ0v) is 12.7. The predicted octanol–water partition coefficient (Wildman–Crippen LogP) is 4.50. The molecular formula is C19H10F4N2. The Labute approximate surface area is 141 Å². The monoisotopic (exact) mass is 342 g/mol. The summed E-state index contributed by atoms with van der Waals surface area (Å²) in [4.78, 5) is 2.58. The Hall–Kier alpha value is -3.20. The van der Waals surface area contributed by atoms with Crippen molar-refractivity contribution in [3.63, 3.8) is 0 Å². The highest BCUT2D eigenvalue weighted by Crippen LogP contribution is 2.41. The highest BCUT2D eigenvalue weighted by atomic mass is 19.2. The molecule has 0 amide bonds. The van der Waals surface area contributed by atoms with E-state index in [4.69, 9.17) is 0 Å². The van der Waals surface area contributed by atoms with Crippen molar-refractivity contribution in [3.05, 3.63) is 101 Å². The van der Waals surface area contributed by atoms with Crippen molar-refractivity contribution in [2.24, 2.45) is 0 Å². The number of nitriles is 1. The highest BCUT2D eigenvalue weighted by Gasteiger charge is 2.43. The summed E-state index contributed by atoms with van der Waals surface area (Å²) in [5.74, 6) is -7.01. The van der Waals surface area contributed by atoms with E-state index < -0.39 is 34.5 Å². The van der Waals surface area contributed by atoms with Gasteiger partial charge in [0.2, 0.25) is 0 Å². The van der Waals surface area contributed by atoms with E-state index in [0.717, 1.165) is 0 Å². The highest BCUT2D eigenvalue weighted by molar-refractivity contribution is 5.56. The van der Waals surface area contributed by atoms with E-state index in [9.17, 15) is 22.8 Å². The molecule has 0 radical (unpaired) electrons. The molecule has 1 aromatic heterocycles. The lowest BCUT2D eigenvalue weighted by Gasteiger charge is -2.29. The summed E-state index contributed by atoms with van der Waals surface area (Å²) in [6.45, 7) is 0. The fraction of sp³-hybridized carbons (Fsp3) is 0.0526. The van der Waals surface area contributed by atoms with Gasteiger partial charge in [-0.3, -0.25) is 0 Å². The minimum atomic E-state index is -2.08. The quantitative estimate of drug-likeness (QED) is 0.519. The molecule has 2 aromatic carbocycles. The number of nitrogens with zero attached hydrogens (tertiary/aromatic N) is 2. The van der Waals surface area contributed by atoms with E-state index in [-0.39, 0.29) is 11.1 Å². The summed E-state index contributed by atoms with van der Waals surface area (Å²) in [7, 11) is 0. The first-order valence-corrected chi connectivity index (χ1v) is 7.25. The molecule has 0 bridgehead atoms. The standard InChI is InChI=1S/C19H10F4N2/c20-15-14(16(21)18(23)25-17(15)22)19(11-24,12-7-3-1-4-8-12)13-9-5-2-6-10-13/h1-10H. The Morgan fingerprint density at radius 3 is 1.48 bits per heavy atom. The van der Waals surface area contributed by atoms with Gasteiger partial charge in [-0.15, -0.1) is 0 Å². The number of halogens is 4. The Balaban J connectivity index is 2.49. The first-order valence-electron chi connectivity index (χ1n) is 7.25. The minimum Gasteiger partial charge on any atom is -0.201 e. The molecule has 25 heavy (non-hydrogen) atoms. The Kier molecular flexibility index (Phi) is 4.24. The number of benzene rings is 2. The van der Waals surface area contributed by atoms with Gasteiger partial charge in [-0.1, -0.05) is 60.7 Å². The average Bonchev–Trinajstić information content (AvgIpc) is 2.65. The number of aromatic nitrogens is 1. The lowest BCUT2D eigenvalue weighted by atomic mass is 9.70. The molecule has 0 saturated heterocycles. The van der Waals surface area contributed by atoms with Gasteiger partial charge in [-0.05, 0) is 11.1 Å². The molecule has 0 N–H and O–H groups in total. The molecule has 0 saturated carbocycles. The predicted molar refractivity (Wildman–Crippen MR) is 82.4 cm³/mol. The van der Waals surface area contributed by atoms with Gasteiger partial charge < -0.3 is 0 Å². The van der Waals surface area contributed by atoms with Crippen LogP contribution in [0.1, 0.15) is 16.7 Å². The van der Waals surface area contributed by atoms with Gasteiger partial charge >= 0.3 is 0 Å². The first-order chi connectivity index (χ1) is 12.0. The van der Waals surface area contributed by atoms with Crippen LogP contribution in [-0.4, -0.2) is 4.98 Å². The Morgan fingerprint density at radius 1 is 0.720 bits per heavy atom. The second kappa shape index (κ2) is 6.36. The van der Waals surface area contributed by atoms with Gasteiger partial charge in [-0.25, -0.2) is 8.78 Å². The van der Waals surface area contributed by atoms with Gasteiger partial charge in [-0.2, -0.15) is 19.0 Å². The summed E-state index contributed by atoms with van der Waals surface area (Å²) in [6.07, 6.45) is 0. The van der Waals surface area contributed by atoms with Crippen molar-refractivity contribution in [2.75, 3.05) is 0 Å². The van der Waals surface area contributed by atoms with E-state index in [1.807, 2.05) is 6.07 Å². The maximum Gasteiger partial charge on any atom is 0.252 e. The molecule has 0 spiro atoms. The summed E-state index contributed by atoms with van der Waals surface area (Å²) in [6, 6.07) is 17.3. The van der Waals surface area contributed by atoms with Crippen LogP contribution in [0.25, 0.3) is 0 Å². The summed E-state index contributed by atoms with van der Waals surface area (Å²) in [5.41, 5.74) is -2.77. The van der Waals surface area contributed by atoms with E-state index in [2.05, 4.69) is 4.98 Å². The van der Waals surface area contributed by atoms with Crippen LogP contribution in [0, 0.1) is 34.9 Å². The molecule has 1 heterocycles. The number of pyridine rings is 1. The smallest absolute Gasteiger partial charge is 0.201 e. The normalized spacial score (nSPS) is 11.2. The molecule has 0 aliphatic carbocycles. The summed E-state index contributed by atoms with van der Waals surface area (Å²) < 4.78 is 56.4. The SMILES string of the molecule is N#CC(c1ccccc1)(c1ccccc1)c1c(F)c(F)nc(F)c1F. The molecule has 0 aliphatic rings. The van der Waals surface area contributed by atoms with Gasteiger partial charge in [0.1, 0.15) is 5.41 Å². The van der Waals surface area contributed by atoms with Crippen LogP contribution in [0.2, 0.25) is 0 Å². The zero-order chi connectivity index (χ0) is 18.0. The average molecular weight is 342 g/mol. The fourth-order valence-corrected chi connectivity index (χ4v) is 2.83. The second-order valence-electron chi connectivity index (χ2n) is 5.29. The van der Waals surface area contributed by atoms with Crippen LogP contribution in [0.3, 0.4) is 0 Å². The first kappa shape index (κ1) is 16.7. The third kappa shape index (κ3) is 2.54. The van der Waals surface area contributed by atoms with Crippen LogP contribution in [0.5, 0.6) is 0 Å². The molecule has 3 rings (SSSR count). The lowest BCUT2D eigenvalue weighted by molar-refractivity contribution is 0.387. The van der Waals surface area contributed by atoms with Crippen molar-refractivity contribution in [1.82, 2.24) is 4.98 Å². The summed E-state index contributed by atoms with van der Waals surface area (Å²) in [5, 5.41) is 9.92. The van der Waals surface area contributed by atoms with Crippen molar-refractivity contribution >= 4 is 0 Å². The van der Waals surface area contributed by atoms with Crippen molar-refractivity contribution in [1.29, 1.82) is 5.26 Å². The second-order valence-corrected chi connectivity index (χ2v) is 5.29. The third-order valence-corrected chi connectivity index (χ3v) is 3.95. The number of rotatable bonds is 3. The Bertz CT molecular complexity index is 885. The molecule has 2 nitrogen and oxygen atoms in total. The number of hydrogen-bond donors (Lipinski definition) is 0. The largest absolute Gasteiger partial charge is 0.252 e. The van der Waals surface area contributed by atoms with Crippen molar-refractivity contribution in [2.45, 2.75) is 5.41 Å². The van der Waals surface area contributed by atoms with E-state index in [1.165, 1.54) is 24.3 Å². The van der Waals surface area contributed by atoms with E-state index in [1.54, 1.807) is 36.4 Å². The zero-order valence-electron chi connectivity index (χ0n) is 12.7. The maximum absolute atomic E-state index is 14.5. The molecular weight excluding hydrogens is 332 g/mol. The Morgan fingerprint density at radius 2 is 1.12 bits per heavy atom. The van der Waals surface area contributed by atoms with Crippen LogP contribution in [0.15, 0.2) is 60.7 Å². The number of hydrogen-bond acceptors (Lipinski definition) is 2. The molecule has 3 aromatic rings. The molecule has 0 fully saturated rings. The molecule has 0 unspecified atom stereocenters. The van der Waals surface area contributed by atoms with Crippen LogP contribution in [-0.2, 0) is 5.41 Å². The van der Waals surface area contributed by atoms with Gasteiger partial charge in [0, 0.05) is 0 Å². The third-order valence-electron chi connectivity index (χ3n) is 3.95. The van der Waals surface area contributed by atoms with Crippen LogP contribution in [0.4, 0.5) is 17.6 Å². The van der Waals surface area contributed by atoms with Crippen LogP contribution < -0.4 is 0 Å². The van der Waals surface area contributed by atoms with Gasteiger partial charge in [0.15, 0.2) is 11.6 Å². The maximum atomic E-state index is 14.5. The van der Waals surface area contributed by atoms with Gasteiger partial charge in [0.05, 0.1) is 11.6 Å². The van der Waals surface area contributed by atoms with Crippen molar-refractivity contribution < 1.29 is 17.6 Å². The van der Waals surface area contributed by atoms with E-state index in [0.29, 0.717) is 0 Å². The lowest BCUT2D eigenvalue weighted by Crippen LogP contribution is -2.31. The molecule has 6 heteroatoms. The molecule has 0 atom stereocenters. The molecule has 124 valence electrons. The van der Waals surface area contributed by atoms with E-state index >= 15 is 0 Å². The van der Waals surface area contributed by atoms with Crippen LogP contribution >= 0.6 is 0 Å². The summed E-state index contributed by atoms with van der Waals surface area (Å²) >= 11 is 0. The van der Waals surface area contributed by atoms with Crippen molar-refractivity contribution in [3.8, 4) is 6.07 Å². The fourth-order valence-electron chi connectivity index (χ4n) is 2.83. The minimum absolute atomic E-state index is 0.173. The topological polar surface area (TPSA) is 36.7 Å². The van der Waals surface area contributed by atoms with Gasteiger partial charge in [0.25, 0.3) is 11.9 Å². The molecule has 0 aliphatic heterocycles.